The average Bonchev–Trinajstić information content (AvgIpc) is 3.06. The molecule has 3 aromatic rings. The first-order valence-electron chi connectivity index (χ1n) is 9.43. The zero-order chi connectivity index (χ0) is 19.6. The van der Waals surface area contributed by atoms with Gasteiger partial charge in [0.05, 0.1) is 10.4 Å². The lowest BCUT2D eigenvalue weighted by Crippen LogP contribution is -2.32. The molecule has 2 aromatic carbocycles. The summed E-state index contributed by atoms with van der Waals surface area (Å²) < 4.78 is 32.4. The summed E-state index contributed by atoms with van der Waals surface area (Å²) in [5.74, 6) is -0.599. The van der Waals surface area contributed by atoms with Gasteiger partial charge in [0.1, 0.15) is 0 Å². The van der Waals surface area contributed by atoms with Crippen molar-refractivity contribution in [1.29, 1.82) is 0 Å². The number of benzene rings is 2. The molecule has 4 rings (SSSR count). The van der Waals surface area contributed by atoms with E-state index in [2.05, 4.69) is 38.9 Å². The van der Waals surface area contributed by atoms with Crippen LogP contribution in [0.3, 0.4) is 0 Å². The number of fused-ring (bicyclic) bond motifs is 2. The number of nitrogens with one attached hydrogen (secondary N) is 2. The Labute approximate surface area is 163 Å². The van der Waals surface area contributed by atoms with Crippen LogP contribution in [0.4, 0.5) is 0 Å². The number of H-pyrrole nitrogens is 1. The Balaban J connectivity index is 1.26. The van der Waals surface area contributed by atoms with Crippen molar-refractivity contribution in [1.82, 2.24) is 14.6 Å². The van der Waals surface area contributed by atoms with Gasteiger partial charge in [0, 0.05) is 25.7 Å². The Hall–Kier alpha value is -2.42. The number of aromatic nitrogens is 1. The first-order chi connectivity index (χ1) is 13.5. The van der Waals surface area contributed by atoms with Crippen molar-refractivity contribution in [3.63, 3.8) is 0 Å². The van der Waals surface area contributed by atoms with Gasteiger partial charge in [-0.25, -0.2) is 17.9 Å². The topological polar surface area (TPSA) is 95.4 Å². The third kappa shape index (κ3) is 4.19. The van der Waals surface area contributed by atoms with Crippen molar-refractivity contribution in [3.05, 3.63) is 64.1 Å². The quantitative estimate of drug-likeness (QED) is 0.592. The molecule has 0 atom stereocenters. The van der Waals surface area contributed by atoms with Crippen LogP contribution >= 0.6 is 0 Å². The van der Waals surface area contributed by atoms with Crippen molar-refractivity contribution < 1.29 is 12.8 Å². The van der Waals surface area contributed by atoms with Crippen LogP contribution in [0.5, 0.6) is 0 Å². The van der Waals surface area contributed by atoms with Crippen LogP contribution in [0.25, 0.3) is 11.1 Å². The molecule has 0 unspecified atom stereocenters. The van der Waals surface area contributed by atoms with Crippen LogP contribution in [-0.2, 0) is 23.0 Å². The summed E-state index contributed by atoms with van der Waals surface area (Å²) in [6.07, 6.45) is 2.76. The second-order valence-corrected chi connectivity index (χ2v) is 8.84. The van der Waals surface area contributed by atoms with E-state index in [1.165, 1.54) is 29.3 Å². The number of nitrogens with zero attached hydrogens (tertiary/aromatic N) is 1. The number of aromatic amines is 1. The fourth-order valence-electron chi connectivity index (χ4n) is 3.59. The molecule has 8 heteroatoms. The minimum Gasteiger partial charge on any atom is -0.408 e. The van der Waals surface area contributed by atoms with Crippen molar-refractivity contribution >= 4 is 21.1 Å². The minimum atomic E-state index is -3.63. The van der Waals surface area contributed by atoms with Crippen molar-refractivity contribution in [3.8, 4) is 0 Å². The molecule has 0 amide bonds. The molecular weight excluding hydrogens is 378 g/mol. The van der Waals surface area contributed by atoms with Gasteiger partial charge < -0.3 is 4.42 Å². The molecule has 0 saturated carbocycles. The third-order valence-corrected chi connectivity index (χ3v) is 6.56. The van der Waals surface area contributed by atoms with Gasteiger partial charge in [-0.3, -0.25) is 9.88 Å². The Kier molecular flexibility index (Phi) is 5.34. The number of sulfonamides is 1. The molecule has 2 N–H and O–H groups in total. The molecule has 2 heterocycles. The van der Waals surface area contributed by atoms with Crippen molar-refractivity contribution in [2.75, 3.05) is 19.6 Å². The molecular formula is C20H23N3O4S. The molecule has 0 radical (unpaired) electrons. The second kappa shape index (κ2) is 7.90. The Bertz CT molecular complexity index is 1130. The predicted octanol–water partition coefficient (Wildman–Crippen LogP) is 2.24. The maximum atomic E-state index is 12.4. The number of unbranched alkanes of at least 4 members (excludes halogenated alkanes) is 1. The second-order valence-electron chi connectivity index (χ2n) is 7.07. The lowest BCUT2D eigenvalue weighted by atomic mass is 10.00. The molecule has 0 bridgehead atoms. The number of hydrogen-bond donors (Lipinski definition) is 2. The van der Waals surface area contributed by atoms with Gasteiger partial charge in [0.15, 0.2) is 5.58 Å². The van der Waals surface area contributed by atoms with Crippen LogP contribution in [-0.4, -0.2) is 37.9 Å². The predicted molar refractivity (Wildman–Crippen MR) is 107 cm³/mol. The molecule has 0 aliphatic carbocycles. The van der Waals surface area contributed by atoms with Gasteiger partial charge in [0.2, 0.25) is 10.0 Å². The summed E-state index contributed by atoms with van der Waals surface area (Å²) in [6.45, 7) is 3.34. The van der Waals surface area contributed by atoms with E-state index in [-0.39, 0.29) is 10.5 Å². The molecule has 1 aromatic heterocycles. The fourth-order valence-corrected chi connectivity index (χ4v) is 4.68. The first kappa shape index (κ1) is 18.9. The van der Waals surface area contributed by atoms with Crippen LogP contribution < -0.4 is 10.5 Å². The summed E-state index contributed by atoms with van der Waals surface area (Å²) in [7, 11) is -3.63. The smallest absolute Gasteiger partial charge is 0.408 e. The fraction of sp³-hybridized carbons (Fsp3) is 0.350. The normalized spacial score (nSPS) is 15.0. The minimum absolute atomic E-state index is 0.0930. The third-order valence-electron chi connectivity index (χ3n) is 5.11. The highest BCUT2D eigenvalue weighted by Gasteiger charge is 2.17. The summed E-state index contributed by atoms with van der Waals surface area (Å²) in [5, 5.41) is 0. The van der Waals surface area contributed by atoms with Gasteiger partial charge >= 0.3 is 5.76 Å². The standard InChI is InChI=1S/C20H23N3O4S/c24-20-22-18-8-7-17(13-19(18)27-20)28(25,26)21-10-3-4-11-23-12-9-15-5-1-2-6-16(15)14-23/h1-2,5-8,13,21H,3-4,9-12,14H2,(H,22,24). The summed E-state index contributed by atoms with van der Waals surface area (Å²) in [6, 6.07) is 12.9. The SMILES string of the molecule is O=c1[nH]c2ccc(S(=O)(=O)NCCCCN3CCc4ccccc4C3)cc2o1. The summed E-state index contributed by atoms with van der Waals surface area (Å²) >= 11 is 0. The lowest BCUT2D eigenvalue weighted by molar-refractivity contribution is 0.249. The van der Waals surface area contributed by atoms with Gasteiger partial charge in [-0.15, -0.1) is 0 Å². The number of hydrogen-bond acceptors (Lipinski definition) is 5. The van der Waals surface area contributed by atoms with Crippen LogP contribution in [0.2, 0.25) is 0 Å². The van der Waals surface area contributed by atoms with Crippen LogP contribution in [0.1, 0.15) is 24.0 Å². The van der Waals surface area contributed by atoms with E-state index in [0.717, 1.165) is 38.9 Å². The maximum absolute atomic E-state index is 12.4. The van der Waals surface area contributed by atoms with Gasteiger partial charge in [0.25, 0.3) is 0 Å². The van der Waals surface area contributed by atoms with Gasteiger partial charge in [-0.05, 0) is 49.1 Å². The van der Waals surface area contributed by atoms with Crippen molar-refractivity contribution in [2.24, 2.45) is 0 Å². The van der Waals surface area contributed by atoms with E-state index in [4.69, 9.17) is 4.42 Å². The molecule has 28 heavy (non-hydrogen) atoms. The lowest BCUT2D eigenvalue weighted by Gasteiger charge is -2.28. The van der Waals surface area contributed by atoms with E-state index in [0.29, 0.717) is 12.1 Å². The number of rotatable bonds is 7. The molecule has 0 saturated heterocycles. The van der Waals surface area contributed by atoms with E-state index < -0.39 is 15.8 Å². The zero-order valence-corrected chi connectivity index (χ0v) is 16.3. The molecule has 148 valence electrons. The van der Waals surface area contributed by atoms with Gasteiger partial charge in [-0.1, -0.05) is 24.3 Å². The van der Waals surface area contributed by atoms with Crippen LogP contribution in [0.15, 0.2) is 56.6 Å². The Morgan fingerprint density at radius 1 is 1.11 bits per heavy atom. The molecule has 0 fully saturated rings. The summed E-state index contributed by atoms with van der Waals surface area (Å²) in [5.41, 5.74) is 3.54. The molecule has 1 aliphatic rings. The van der Waals surface area contributed by atoms with E-state index >= 15 is 0 Å². The van der Waals surface area contributed by atoms with Crippen molar-refractivity contribution in [2.45, 2.75) is 30.7 Å². The molecule has 0 spiro atoms. The van der Waals surface area contributed by atoms with E-state index in [1.54, 1.807) is 0 Å². The highest BCUT2D eigenvalue weighted by molar-refractivity contribution is 7.89. The first-order valence-corrected chi connectivity index (χ1v) is 10.9. The Morgan fingerprint density at radius 3 is 2.79 bits per heavy atom. The maximum Gasteiger partial charge on any atom is 0.417 e. The summed E-state index contributed by atoms with van der Waals surface area (Å²) in [4.78, 5) is 16.2. The molecule has 1 aliphatic heterocycles. The largest absolute Gasteiger partial charge is 0.417 e. The van der Waals surface area contributed by atoms with Crippen LogP contribution in [0, 0.1) is 0 Å². The highest BCUT2D eigenvalue weighted by atomic mass is 32.2. The average molecular weight is 401 g/mol. The monoisotopic (exact) mass is 401 g/mol. The zero-order valence-electron chi connectivity index (χ0n) is 15.5. The highest BCUT2D eigenvalue weighted by Crippen LogP contribution is 2.19. The molecule has 7 nitrogen and oxygen atoms in total. The number of oxazole rings is 1. The van der Waals surface area contributed by atoms with E-state index in [9.17, 15) is 13.2 Å². The Morgan fingerprint density at radius 2 is 1.93 bits per heavy atom. The van der Waals surface area contributed by atoms with E-state index in [1.807, 2.05) is 0 Å². The van der Waals surface area contributed by atoms with Gasteiger partial charge in [-0.2, -0.15) is 0 Å².